The third-order valence-electron chi connectivity index (χ3n) is 5.17. The molecule has 4 rings (SSSR count). The molecule has 182 valence electrons. The fourth-order valence-corrected chi connectivity index (χ4v) is 4.70. The summed E-state index contributed by atoms with van der Waals surface area (Å²) >= 11 is 2.71. The zero-order chi connectivity index (χ0) is 24.8. The molecule has 6 nitrogen and oxygen atoms in total. The average Bonchev–Trinajstić information content (AvgIpc) is 3.29. The van der Waals surface area contributed by atoms with Gasteiger partial charge in [0.1, 0.15) is 11.5 Å². The number of carbonyl (C=O) groups is 1. The third kappa shape index (κ3) is 5.67. The highest BCUT2D eigenvalue weighted by molar-refractivity contribution is 8.00. The molecule has 2 heterocycles. The minimum Gasteiger partial charge on any atom is -0.395 e. The van der Waals surface area contributed by atoms with Gasteiger partial charge >= 0.3 is 0 Å². The molecular weight excluding hydrogens is 490 g/mol. The van der Waals surface area contributed by atoms with Crippen LogP contribution in [0.25, 0.3) is 22.2 Å². The van der Waals surface area contributed by atoms with Gasteiger partial charge < -0.3 is 14.8 Å². The summed E-state index contributed by atoms with van der Waals surface area (Å²) in [6.45, 7) is 2.53. The van der Waals surface area contributed by atoms with Gasteiger partial charge in [0.25, 0.3) is 0 Å². The predicted octanol–water partition coefficient (Wildman–Crippen LogP) is 5.80. The first kappa shape index (κ1) is 25.2. The molecule has 0 bridgehead atoms. The Morgan fingerprint density at radius 1 is 1.14 bits per heavy atom. The van der Waals surface area contributed by atoms with Gasteiger partial charge in [0.05, 0.1) is 17.9 Å². The van der Waals surface area contributed by atoms with Gasteiger partial charge in [0, 0.05) is 46.1 Å². The molecule has 4 N–H and O–H groups in total. The monoisotopic (exact) mass is 514 g/mol. The number of anilines is 1. The van der Waals surface area contributed by atoms with Crippen LogP contribution < -0.4 is 9.44 Å². The van der Waals surface area contributed by atoms with E-state index in [0.29, 0.717) is 17.6 Å². The number of H-pyrrole nitrogens is 1. The van der Waals surface area contributed by atoms with Crippen LogP contribution in [0.3, 0.4) is 0 Å². The highest BCUT2D eigenvalue weighted by Crippen LogP contribution is 2.30. The van der Waals surface area contributed by atoms with E-state index in [1.54, 1.807) is 12.3 Å². The molecule has 0 unspecified atom stereocenters. The standard InChI is InChI=1S/C25H24F2N4O2S2/c1-2-11-34-31-21-8-7-20(26)22(23(21)27)24(33)19-14-29-25-18(19)12-16(13-28-25)15-3-5-17(6-4-15)35-30-9-10-32/h3-8,12-14,30-32H,2,9-11H2,1H3,(H,28,29). The van der Waals surface area contributed by atoms with E-state index in [1.165, 1.54) is 36.2 Å². The fraction of sp³-hybridized carbons (Fsp3) is 0.200. The number of fused-ring (bicyclic) bond motifs is 1. The van der Waals surface area contributed by atoms with E-state index in [4.69, 9.17) is 5.11 Å². The number of aromatic amines is 1. The lowest BCUT2D eigenvalue weighted by atomic mass is 10.00. The normalized spacial score (nSPS) is 11.2. The van der Waals surface area contributed by atoms with Gasteiger partial charge in [-0.1, -0.05) is 31.0 Å². The first-order valence-corrected chi connectivity index (χ1v) is 12.8. The van der Waals surface area contributed by atoms with Crippen LogP contribution in [0.4, 0.5) is 14.5 Å². The first-order valence-electron chi connectivity index (χ1n) is 11.0. The number of aliphatic hydroxyl groups is 1. The number of aromatic nitrogens is 2. The molecule has 10 heteroatoms. The number of nitrogens with zero attached hydrogens (tertiary/aromatic N) is 1. The summed E-state index contributed by atoms with van der Waals surface area (Å²) in [7, 11) is 0. The van der Waals surface area contributed by atoms with Crippen LogP contribution in [-0.2, 0) is 0 Å². The van der Waals surface area contributed by atoms with E-state index >= 15 is 4.39 Å². The van der Waals surface area contributed by atoms with Crippen LogP contribution in [0.1, 0.15) is 29.3 Å². The van der Waals surface area contributed by atoms with Gasteiger partial charge in [0.2, 0.25) is 5.78 Å². The second-order valence-electron chi connectivity index (χ2n) is 7.63. The van der Waals surface area contributed by atoms with Crippen molar-refractivity contribution < 1.29 is 18.7 Å². The van der Waals surface area contributed by atoms with Crippen molar-refractivity contribution in [2.75, 3.05) is 23.6 Å². The Morgan fingerprint density at radius 3 is 2.69 bits per heavy atom. The van der Waals surface area contributed by atoms with Gasteiger partial charge in [0.15, 0.2) is 5.82 Å². The zero-order valence-electron chi connectivity index (χ0n) is 18.9. The lowest BCUT2D eigenvalue weighted by Crippen LogP contribution is -2.09. The molecule has 35 heavy (non-hydrogen) atoms. The minimum absolute atomic E-state index is 0.0565. The Labute approximate surface area is 210 Å². The van der Waals surface area contributed by atoms with E-state index in [9.17, 15) is 9.18 Å². The summed E-state index contributed by atoms with van der Waals surface area (Å²) < 4.78 is 35.6. The summed E-state index contributed by atoms with van der Waals surface area (Å²) in [5, 5.41) is 9.35. The van der Waals surface area contributed by atoms with Crippen LogP contribution in [0, 0.1) is 11.6 Å². The molecule has 0 aliphatic rings. The predicted molar refractivity (Wildman–Crippen MR) is 139 cm³/mol. The Balaban J connectivity index is 1.64. The maximum atomic E-state index is 15.1. The Hall–Kier alpha value is -2.92. The number of aliphatic hydroxyl groups excluding tert-OH is 1. The van der Waals surface area contributed by atoms with Crippen LogP contribution >= 0.6 is 23.9 Å². The largest absolute Gasteiger partial charge is 0.395 e. The second kappa shape index (κ2) is 11.7. The van der Waals surface area contributed by atoms with Gasteiger partial charge in [-0.15, -0.1) is 0 Å². The molecule has 0 radical (unpaired) electrons. The van der Waals surface area contributed by atoms with Crippen molar-refractivity contribution in [1.82, 2.24) is 14.7 Å². The van der Waals surface area contributed by atoms with E-state index in [0.717, 1.165) is 34.3 Å². The van der Waals surface area contributed by atoms with Crippen molar-refractivity contribution in [1.29, 1.82) is 0 Å². The zero-order valence-corrected chi connectivity index (χ0v) is 20.5. The quantitative estimate of drug-likeness (QED) is 0.114. The van der Waals surface area contributed by atoms with Gasteiger partial charge in [-0.3, -0.25) is 9.52 Å². The maximum Gasteiger partial charge on any atom is 0.201 e. The number of benzene rings is 2. The first-order chi connectivity index (χ1) is 17.0. The van der Waals surface area contributed by atoms with Gasteiger partial charge in [-0.2, -0.15) is 0 Å². The van der Waals surface area contributed by atoms with Crippen molar-refractivity contribution >= 4 is 46.4 Å². The van der Waals surface area contributed by atoms with Crippen LogP contribution in [0.15, 0.2) is 59.8 Å². The molecule has 0 fully saturated rings. The Bertz CT molecular complexity index is 1330. The van der Waals surface area contributed by atoms with Crippen LogP contribution in [0.5, 0.6) is 0 Å². The van der Waals surface area contributed by atoms with Crippen LogP contribution in [0.2, 0.25) is 0 Å². The summed E-state index contributed by atoms with van der Waals surface area (Å²) in [4.78, 5) is 21.6. The SMILES string of the molecule is CCCSNc1ccc(F)c(C(=O)c2c[nH]c3ncc(-c4ccc(SNCCO)cc4)cc23)c1F. The highest BCUT2D eigenvalue weighted by atomic mass is 32.2. The smallest absolute Gasteiger partial charge is 0.201 e. The van der Waals surface area contributed by atoms with E-state index < -0.39 is 23.0 Å². The van der Waals surface area contributed by atoms with Gasteiger partial charge in [-0.05, 0) is 54.3 Å². The summed E-state index contributed by atoms with van der Waals surface area (Å²) in [6.07, 6.45) is 4.00. The van der Waals surface area contributed by atoms with Crippen molar-refractivity contribution in [3.63, 3.8) is 0 Å². The van der Waals surface area contributed by atoms with E-state index in [1.807, 2.05) is 31.2 Å². The summed E-state index contributed by atoms with van der Waals surface area (Å²) in [5.74, 6) is -1.84. The fourth-order valence-electron chi connectivity index (χ4n) is 3.45. The number of ketones is 1. The molecule has 0 saturated heterocycles. The number of pyridine rings is 1. The van der Waals surface area contributed by atoms with Gasteiger partial charge in [-0.25, -0.2) is 13.8 Å². The molecule has 0 aliphatic carbocycles. The van der Waals surface area contributed by atoms with Crippen molar-refractivity contribution in [3.8, 4) is 11.1 Å². The molecule has 2 aromatic heterocycles. The lowest BCUT2D eigenvalue weighted by Gasteiger charge is -2.10. The topological polar surface area (TPSA) is 90.0 Å². The molecular formula is C25H24F2N4O2S2. The molecule has 4 aromatic rings. The minimum atomic E-state index is -0.917. The highest BCUT2D eigenvalue weighted by Gasteiger charge is 2.24. The molecule has 0 spiro atoms. The third-order valence-corrected chi connectivity index (χ3v) is 7.01. The molecule has 0 saturated carbocycles. The molecule has 0 atom stereocenters. The number of nitrogens with one attached hydrogen (secondary N) is 3. The summed E-state index contributed by atoms with van der Waals surface area (Å²) in [5.41, 5.74) is 1.70. The number of hydrogen-bond donors (Lipinski definition) is 4. The lowest BCUT2D eigenvalue weighted by molar-refractivity contribution is 0.103. The molecule has 0 aliphatic heterocycles. The maximum absolute atomic E-state index is 15.1. The number of rotatable bonds is 11. The number of carbonyl (C=O) groups excluding carboxylic acids is 1. The Kier molecular flexibility index (Phi) is 8.40. The summed E-state index contributed by atoms with van der Waals surface area (Å²) in [6, 6.07) is 11.9. The van der Waals surface area contributed by atoms with Crippen molar-refractivity contribution in [2.24, 2.45) is 0 Å². The number of halogens is 2. The molecule has 0 amide bonds. The van der Waals surface area contributed by atoms with Crippen molar-refractivity contribution in [3.05, 3.63) is 77.6 Å². The van der Waals surface area contributed by atoms with Crippen LogP contribution in [-0.4, -0.2) is 39.8 Å². The number of hydrogen-bond acceptors (Lipinski definition) is 7. The van der Waals surface area contributed by atoms with E-state index in [2.05, 4.69) is 19.4 Å². The second-order valence-corrected chi connectivity index (χ2v) is 9.50. The average molecular weight is 515 g/mol. The van der Waals surface area contributed by atoms with E-state index in [-0.39, 0.29) is 17.9 Å². The molecule has 2 aromatic carbocycles. The van der Waals surface area contributed by atoms with Crippen molar-refractivity contribution in [2.45, 2.75) is 18.2 Å². The Morgan fingerprint density at radius 2 is 1.94 bits per heavy atom.